The lowest BCUT2D eigenvalue weighted by atomic mass is 9.91. The van der Waals surface area contributed by atoms with E-state index in [2.05, 4.69) is 24.1 Å². The molecule has 0 aliphatic carbocycles. The van der Waals surface area contributed by atoms with E-state index in [9.17, 15) is 8.42 Å². The maximum absolute atomic E-state index is 12.5. The molecule has 6 nitrogen and oxygen atoms in total. The largest absolute Gasteiger partial charge is 0.339 e. The van der Waals surface area contributed by atoms with Gasteiger partial charge in [0.25, 0.3) is 10.0 Å². The number of sulfonamides is 1. The molecule has 1 aromatic heterocycles. The molecule has 0 aromatic carbocycles. The van der Waals surface area contributed by atoms with Crippen LogP contribution in [0.15, 0.2) is 17.6 Å². The van der Waals surface area contributed by atoms with Gasteiger partial charge in [0, 0.05) is 32.4 Å². The van der Waals surface area contributed by atoms with Crippen LogP contribution in [0.25, 0.3) is 0 Å². The van der Waals surface area contributed by atoms with Gasteiger partial charge in [-0.05, 0) is 38.6 Å². The molecule has 120 valence electrons. The van der Waals surface area contributed by atoms with E-state index in [1.54, 1.807) is 22.1 Å². The second-order valence-corrected chi connectivity index (χ2v) is 7.75. The number of hydrogen-bond acceptors (Lipinski definition) is 4. The quantitative estimate of drug-likeness (QED) is 0.857. The fraction of sp³-hybridized carbons (Fsp3) is 0.786. The molecule has 0 saturated carbocycles. The fourth-order valence-corrected chi connectivity index (χ4v) is 4.25. The van der Waals surface area contributed by atoms with Crippen LogP contribution >= 0.6 is 0 Å². The van der Waals surface area contributed by atoms with Gasteiger partial charge in [0.1, 0.15) is 0 Å². The molecular weight excluding hydrogens is 288 g/mol. The minimum atomic E-state index is -3.43. The predicted octanol–water partition coefficient (Wildman–Crippen LogP) is 1.21. The lowest BCUT2D eigenvalue weighted by molar-refractivity contribution is 0.231. The third kappa shape index (κ3) is 3.84. The van der Waals surface area contributed by atoms with Crippen molar-refractivity contribution in [2.75, 3.05) is 19.6 Å². The van der Waals surface area contributed by atoms with E-state index < -0.39 is 10.0 Å². The highest BCUT2D eigenvalue weighted by Crippen LogP contribution is 2.25. The van der Waals surface area contributed by atoms with Crippen molar-refractivity contribution in [3.8, 4) is 0 Å². The van der Waals surface area contributed by atoms with Gasteiger partial charge in [0.2, 0.25) is 0 Å². The first kappa shape index (κ1) is 16.5. The summed E-state index contributed by atoms with van der Waals surface area (Å²) in [5.41, 5.74) is 0. The molecule has 1 unspecified atom stereocenters. The predicted molar refractivity (Wildman–Crippen MR) is 82.4 cm³/mol. The zero-order valence-corrected chi connectivity index (χ0v) is 13.9. The normalized spacial score (nSPS) is 19.8. The highest BCUT2D eigenvalue weighted by Gasteiger charge is 2.32. The van der Waals surface area contributed by atoms with E-state index in [1.165, 1.54) is 6.33 Å². The fourth-order valence-electron chi connectivity index (χ4n) is 2.81. The van der Waals surface area contributed by atoms with E-state index in [-0.39, 0.29) is 5.03 Å². The number of aromatic nitrogens is 2. The van der Waals surface area contributed by atoms with E-state index in [0.29, 0.717) is 25.0 Å². The van der Waals surface area contributed by atoms with Gasteiger partial charge in [0.05, 0.1) is 6.33 Å². The molecule has 1 aliphatic heterocycles. The monoisotopic (exact) mass is 314 g/mol. The smallest absolute Gasteiger partial charge is 0.262 e. The Labute approximate surface area is 127 Å². The number of nitrogens with one attached hydrogen (secondary N) is 1. The average Bonchev–Trinajstić information content (AvgIpc) is 2.92. The standard InChI is InChI=1S/C14H26N4O2S/c1-4-7-15-12(2)13-5-8-18(9-6-13)21(19,20)14-10-17(3)11-16-14/h10-13,15H,4-9H2,1-3H3. The molecular formula is C14H26N4O2S. The van der Waals surface area contributed by atoms with Gasteiger partial charge >= 0.3 is 0 Å². The highest BCUT2D eigenvalue weighted by atomic mass is 32.2. The molecule has 1 atom stereocenters. The lowest BCUT2D eigenvalue weighted by Crippen LogP contribution is -2.44. The minimum Gasteiger partial charge on any atom is -0.339 e. The number of piperidine rings is 1. The van der Waals surface area contributed by atoms with Gasteiger partial charge in [-0.25, -0.2) is 13.4 Å². The minimum absolute atomic E-state index is 0.153. The maximum Gasteiger partial charge on any atom is 0.262 e. The average molecular weight is 314 g/mol. The summed E-state index contributed by atoms with van der Waals surface area (Å²) in [6, 6.07) is 0.449. The van der Waals surface area contributed by atoms with E-state index in [4.69, 9.17) is 0 Å². The number of rotatable bonds is 6. The maximum atomic E-state index is 12.5. The molecule has 2 heterocycles. The van der Waals surface area contributed by atoms with Crippen LogP contribution in [0.1, 0.15) is 33.1 Å². The van der Waals surface area contributed by atoms with Crippen molar-refractivity contribution >= 4 is 10.0 Å². The molecule has 0 spiro atoms. The van der Waals surface area contributed by atoms with Gasteiger partial charge in [-0.2, -0.15) is 4.31 Å². The molecule has 7 heteroatoms. The van der Waals surface area contributed by atoms with Crippen LogP contribution < -0.4 is 5.32 Å². The SMILES string of the molecule is CCCNC(C)C1CCN(S(=O)(=O)c2cn(C)cn2)CC1. The van der Waals surface area contributed by atoms with Crippen molar-refractivity contribution in [2.24, 2.45) is 13.0 Å². The Morgan fingerprint density at radius 3 is 2.62 bits per heavy atom. The molecule has 0 amide bonds. The summed E-state index contributed by atoms with van der Waals surface area (Å²) in [5.74, 6) is 0.548. The molecule has 0 radical (unpaired) electrons. The zero-order chi connectivity index (χ0) is 15.5. The Morgan fingerprint density at radius 1 is 1.43 bits per heavy atom. The van der Waals surface area contributed by atoms with Crippen LogP contribution in [-0.4, -0.2) is 48.0 Å². The van der Waals surface area contributed by atoms with Gasteiger partial charge in [-0.15, -0.1) is 0 Å². The Bertz CT molecular complexity index is 547. The molecule has 21 heavy (non-hydrogen) atoms. The van der Waals surface area contributed by atoms with Crippen molar-refractivity contribution in [1.82, 2.24) is 19.2 Å². The summed E-state index contributed by atoms with van der Waals surface area (Å²) in [6.07, 6.45) is 6.02. The first-order valence-electron chi connectivity index (χ1n) is 7.66. The van der Waals surface area contributed by atoms with Gasteiger partial charge in [-0.3, -0.25) is 0 Å². The summed E-state index contributed by atoms with van der Waals surface area (Å²) in [5, 5.41) is 3.66. The summed E-state index contributed by atoms with van der Waals surface area (Å²) in [6.45, 7) is 6.54. The van der Waals surface area contributed by atoms with Crippen molar-refractivity contribution in [1.29, 1.82) is 0 Å². The molecule has 1 aromatic rings. The molecule has 1 saturated heterocycles. The first-order chi connectivity index (χ1) is 9.95. The number of nitrogens with zero attached hydrogens (tertiary/aromatic N) is 3. The summed E-state index contributed by atoms with van der Waals surface area (Å²) in [4.78, 5) is 3.98. The van der Waals surface area contributed by atoms with E-state index in [0.717, 1.165) is 25.8 Å². The molecule has 0 bridgehead atoms. The van der Waals surface area contributed by atoms with Crippen LogP contribution in [0.2, 0.25) is 0 Å². The molecule has 1 N–H and O–H groups in total. The second-order valence-electron chi connectivity index (χ2n) is 5.86. The van der Waals surface area contributed by atoms with Crippen LogP contribution in [0.5, 0.6) is 0 Å². The van der Waals surface area contributed by atoms with Gasteiger partial charge < -0.3 is 9.88 Å². The molecule has 1 aliphatic rings. The van der Waals surface area contributed by atoms with Crippen LogP contribution in [-0.2, 0) is 17.1 Å². The Hall–Kier alpha value is -0.920. The van der Waals surface area contributed by atoms with Gasteiger partial charge in [-0.1, -0.05) is 6.92 Å². The topological polar surface area (TPSA) is 67.2 Å². The summed E-state index contributed by atoms with van der Waals surface area (Å²) >= 11 is 0. The zero-order valence-electron chi connectivity index (χ0n) is 13.1. The third-order valence-electron chi connectivity index (χ3n) is 4.21. The van der Waals surface area contributed by atoms with Crippen LogP contribution in [0.3, 0.4) is 0 Å². The van der Waals surface area contributed by atoms with Crippen molar-refractivity contribution in [2.45, 2.75) is 44.2 Å². The Kier molecular flexibility index (Phi) is 5.40. The number of aryl methyl sites for hydroxylation is 1. The van der Waals surface area contributed by atoms with Crippen molar-refractivity contribution < 1.29 is 8.42 Å². The van der Waals surface area contributed by atoms with E-state index >= 15 is 0 Å². The second kappa shape index (κ2) is 6.89. The Balaban J connectivity index is 1.94. The number of hydrogen-bond donors (Lipinski definition) is 1. The van der Waals surface area contributed by atoms with Crippen LogP contribution in [0.4, 0.5) is 0 Å². The van der Waals surface area contributed by atoms with E-state index in [1.807, 2.05) is 0 Å². The van der Waals surface area contributed by atoms with Gasteiger partial charge in [0.15, 0.2) is 5.03 Å². The summed E-state index contributed by atoms with van der Waals surface area (Å²) < 4.78 is 28.2. The lowest BCUT2D eigenvalue weighted by Gasteiger charge is -2.34. The Morgan fingerprint density at radius 2 is 2.10 bits per heavy atom. The van der Waals surface area contributed by atoms with Crippen molar-refractivity contribution in [3.05, 3.63) is 12.5 Å². The summed E-state index contributed by atoms with van der Waals surface area (Å²) in [7, 11) is -1.65. The third-order valence-corrected chi connectivity index (χ3v) is 5.99. The number of imidazole rings is 1. The molecule has 1 fully saturated rings. The highest BCUT2D eigenvalue weighted by molar-refractivity contribution is 7.89. The van der Waals surface area contributed by atoms with Crippen molar-refractivity contribution in [3.63, 3.8) is 0 Å². The van der Waals surface area contributed by atoms with Crippen LogP contribution in [0, 0.1) is 5.92 Å². The molecule has 2 rings (SSSR count). The first-order valence-corrected chi connectivity index (χ1v) is 9.10.